The van der Waals surface area contributed by atoms with Crippen LogP contribution in [0.15, 0.2) is 0 Å². The zero-order valence-electron chi connectivity index (χ0n) is 5.69. The Morgan fingerprint density at radius 1 is 0.889 bits per heavy atom. The van der Waals surface area contributed by atoms with Crippen LogP contribution in [0.3, 0.4) is 0 Å². The predicted molar refractivity (Wildman–Crippen MR) is 37.4 cm³/mol. The van der Waals surface area contributed by atoms with Gasteiger partial charge in [-0.2, -0.15) is 0 Å². The molecule has 2 rings (SSSR count). The standard InChI is InChI=1S/C7H14N2/c1-2-6-7(3-1)9-5-4-8-6/h6-9H,1-5H2/t6-,7+. The Bertz CT molecular complexity index is 91.1. The Morgan fingerprint density at radius 2 is 1.44 bits per heavy atom. The fraction of sp³-hybridized carbons (Fsp3) is 1.00. The molecule has 1 heterocycles. The second-order valence-corrected chi connectivity index (χ2v) is 3.05. The van der Waals surface area contributed by atoms with Gasteiger partial charge < -0.3 is 10.6 Å². The first-order chi connectivity index (χ1) is 4.47. The topological polar surface area (TPSA) is 24.1 Å². The van der Waals surface area contributed by atoms with Gasteiger partial charge in [-0.15, -0.1) is 0 Å². The molecule has 9 heavy (non-hydrogen) atoms. The van der Waals surface area contributed by atoms with Gasteiger partial charge in [0.05, 0.1) is 0 Å². The summed E-state index contributed by atoms with van der Waals surface area (Å²) in [5.41, 5.74) is 0. The van der Waals surface area contributed by atoms with E-state index >= 15 is 0 Å². The highest BCUT2D eigenvalue weighted by atomic mass is 15.1. The van der Waals surface area contributed by atoms with Crippen LogP contribution in [0.5, 0.6) is 0 Å². The van der Waals surface area contributed by atoms with E-state index in [2.05, 4.69) is 10.6 Å². The average Bonchev–Trinajstić information content (AvgIpc) is 2.33. The lowest BCUT2D eigenvalue weighted by Crippen LogP contribution is -2.52. The molecule has 1 aliphatic heterocycles. The van der Waals surface area contributed by atoms with Crippen molar-refractivity contribution in [3.63, 3.8) is 0 Å². The lowest BCUT2D eigenvalue weighted by molar-refractivity contribution is 0.358. The normalized spacial score (nSPS) is 42.7. The van der Waals surface area contributed by atoms with Gasteiger partial charge in [-0.1, -0.05) is 6.42 Å². The fourth-order valence-corrected chi connectivity index (χ4v) is 1.96. The third kappa shape index (κ3) is 0.970. The number of piperazine rings is 1. The average molecular weight is 126 g/mol. The van der Waals surface area contributed by atoms with Crippen molar-refractivity contribution in [1.29, 1.82) is 0 Å². The van der Waals surface area contributed by atoms with Gasteiger partial charge >= 0.3 is 0 Å². The minimum absolute atomic E-state index is 0.804. The monoisotopic (exact) mass is 126 g/mol. The Morgan fingerprint density at radius 3 is 2.00 bits per heavy atom. The van der Waals surface area contributed by atoms with Gasteiger partial charge in [-0.05, 0) is 12.8 Å². The first-order valence-electron chi connectivity index (χ1n) is 3.93. The van der Waals surface area contributed by atoms with Crippen LogP contribution in [0.1, 0.15) is 19.3 Å². The minimum atomic E-state index is 0.804. The molecule has 0 spiro atoms. The second kappa shape index (κ2) is 2.27. The minimum Gasteiger partial charge on any atom is -0.311 e. The van der Waals surface area contributed by atoms with Crippen LogP contribution in [0.2, 0.25) is 0 Å². The lowest BCUT2D eigenvalue weighted by Gasteiger charge is -2.27. The number of nitrogens with one attached hydrogen (secondary N) is 2. The van der Waals surface area contributed by atoms with Gasteiger partial charge in [0.1, 0.15) is 0 Å². The summed E-state index contributed by atoms with van der Waals surface area (Å²) in [4.78, 5) is 0. The molecule has 2 aliphatic rings. The molecule has 0 bridgehead atoms. The highest BCUT2D eigenvalue weighted by Gasteiger charge is 2.28. The molecule has 2 heteroatoms. The summed E-state index contributed by atoms with van der Waals surface area (Å²) in [5, 5.41) is 7.04. The smallest absolute Gasteiger partial charge is 0.0221 e. The Balaban J connectivity index is 1.97. The van der Waals surface area contributed by atoms with Crippen molar-refractivity contribution in [2.24, 2.45) is 0 Å². The van der Waals surface area contributed by atoms with Gasteiger partial charge in [0.25, 0.3) is 0 Å². The number of fused-ring (bicyclic) bond motifs is 1. The van der Waals surface area contributed by atoms with Crippen LogP contribution in [0, 0.1) is 0 Å². The van der Waals surface area contributed by atoms with Gasteiger partial charge in [-0.25, -0.2) is 0 Å². The Kier molecular flexibility index (Phi) is 1.44. The molecule has 1 saturated carbocycles. The quantitative estimate of drug-likeness (QED) is 0.481. The molecule has 2 fully saturated rings. The summed E-state index contributed by atoms with van der Waals surface area (Å²) in [7, 11) is 0. The molecule has 52 valence electrons. The molecule has 0 amide bonds. The highest BCUT2D eigenvalue weighted by Crippen LogP contribution is 2.19. The van der Waals surface area contributed by atoms with Crippen LogP contribution >= 0.6 is 0 Å². The summed E-state index contributed by atoms with van der Waals surface area (Å²) in [5.74, 6) is 0. The molecule has 0 aromatic carbocycles. The van der Waals surface area contributed by atoms with Gasteiger partial charge in [0.2, 0.25) is 0 Å². The third-order valence-corrected chi connectivity index (χ3v) is 2.45. The van der Waals surface area contributed by atoms with Crippen molar-refractivity contribution in [3.8, 4) is 0 Å². The molecular formula is C7H14N2. The van der Waals surface area contributed by atoms with E-state index < -0.39 is 0 Å². The first kappa shape index (κ1) is 5.69. The van der Waals surface area contributed by atoms with Crippen molar-refractivity contribution < 1.29 is 0 Å². The lowest BCUT2D eigenvalue weighted by atomic mass is 10.1. The summed E-state index contributed by atoms with van der Waals surface area (Å²) >= 11 is 0. The molecule has 0 aromatic rings. The zero-order valence-corrected chi connectivity index (χ0v) is 5.69. The maximum absolute atomic E-state index is 3.52. The van der Waals surface area contributed by atoms with Crippen molar-refractivity contribution in [3.05, 3.63) is 0 Å². The molecule has 2 nitrogen and oxygen atoms in total. The second-order valence-electron chi connectivity index (χ2n) is 3.05. The van der Waals surface area contributed by atoms with Gasteiger partial charge in [-0.3, -0.25) is 0 Å². The van der Waals surface area contributed by atoms with E-state index in [0.29, 0.717) is 0 Å². The highest BCUT2D eigenvalue weighted by molar-refractivity contribution is 4.91. The zero-order chi connectivity index (χ0) is 6.10. The van der Waals surface area contributed by atoms with Crippen LogP contribution < -0.4 is 10.6 Å². The van der Waals surface area contributed by atoms with E-state index in [-0.39, 0.29) is 0 Å². The number of hydrogen-bond donors (Lipinski definition) is 2. The fourth-order valence-electron chi connectivity index (χ4n) is 1.96. The van der Waals surface area contributed by atoms with E-state index in [0.717, 1.165) is 12.1 Å². The summed E-state index contributed by atoms with van der Waals surface area (Å²) in [6.07, 6.45) is 4.19. The van der Waals surface area contributed by atoms with Crippen molar-refractivity contribution in [2.75, 3.05) is 13.1 Å². The maximum atomic E-state index is 3.52. The third-order valence-electron chi connectivity index (χ3n) is 2.45. The molecular weight excluding hydrogens is 112 g/mol. The van der Waals surface area contributed by atoms with Crippen LogP contribution in [0.4, 0.5) is 0 Å². The Labute approximate surface area is 56.0 Å². The summed E-state index contributed by atoms with van der Waals surface area (Å²) in [6.45, 7) is 2.34. The maximum Gasteiger partial charge on any atom is 0.0221 e. The molecule has 0 radical (unpaired) electrons. The van der Waals surface area contributed by atoms with Crippen molar-refractivity contribution in [1.82, 2.24) is 10.6 Å². The Hall–Kier alpha value is -0.0800. The molecule has 2 N–H and O–H groups in total. The summed E-state index contributed by atoms with van der Waals surface area (Å²) in [6, 6.07) is 1.61. The summed E-state index contributed by atoms with van der Waals surface area (Å²) < 4.78 is 0. The first-order valence-corrected chi connectivity index (χ1v) is 3.93. The largest absolute Gasteiger partial charge is 0.311 e. The number of rotatable bonds is 0. The molecule has 1 aliphatic carbocycles. The van der Waals surface area contributed by atoms with Crippen LogP contribution in [-0.4, -0.2) is 25.2 Å². The van der Waals surface area contributed by atoms with E-state index in [1.807, 2.05) is 0 Å². The van der Waals surface area contributed by atoms with E-state index in [1.54, 1.807) is 0 Å². The van der Waals surface area contributed by atoms with Crippen molar-refractivity contribution >= 4 is 0 Å². The molecule has 0 aromatic heterocycles. The van der Waals surface area contributed by atoms with E-state index in [9.17, 15) is 0 Å². The molecule has 2 atom stereocenters. The van der Waals surface area contributed by atoms with Gasteiger partial charge in [0, 0.05) is 25.2 Å². The van der Waals surface area contributed by atoms with Crippen molar-refractivity contribution in [2.45, 2.75) is 31.3 Å². The predicted octanol–water partition coefficient (Wildman–Crippen LogP) is 0.100. The van der Waals surface area contributed by atoms with E-state index in [1.165, 1.54) is 32.4 Å². The van der Waals surface area contributed by atoms with Gasteiger partial charge in [0.15, 0.2) is 0 Å². The SMILES string of the molecule is C1C[C@@H]2NCCN[C@@H]2C1. The molecule has 1 saturated heterocycles. The van der Waals surface area contributed by atoms with Crippen LogP contribution in [-0.2, 0) is 0 Å². The molecule has 0 unspecified atom stereocenters. The van der Waals surface area contributed by atoms with Crippen LogP contribution in [0.25, 0.3) is 0 Å². The number of hydrogen-bond acceptors (Lipinski definition) is 2. The van der Waals surface area contributed by atoms with E-state index in [4.69, 9.17) is 0 Å².